The summed E-state index contributed by atoms with van der Waals surface area (Å²) in [7, 11) is 0. The summed E-state index contributed by atoms with van der Waals surface area (Å²) in [4.78, 5) is 17.6. The van der Waals surface area contributed by atoms with Gasteiger partial charge in [-0.25, -0.2) is 19.1 Å². The Hall–Kier alpha value is -1.80. The molecule has 5 rings (SSSR count). The number of hydrogen-bond donors (Lipinski definition) is 0. The van der Waals surface area contributed by atoms with Crippen LogP contribution in [0.4, 0.5) is 37.0 Å². The highest BCUT2D eigenvalue weighted by molar-refractivity contribution is 9.10. The number of ether oxygens (including phenoxy) is 2. The molecule has 3 heterocycles. The van der Waals surface area contributed by atoms with E-state index in [1.165, 1.54) is 6.07 Å². The predicted octanol–water partition coefficient (Wildman–Crippen LogP) is 6.88. The zero-order chi connectivity index (χ0) is 25.2. The Balaban J connectivity index is 1.71. The van der Waals surface area contributed by atoms with Crippen LogP contribution in [0.5, 0.6) is 5.75 Å². The van der Waals surface area contributed by atoms with Crippen LogP contribution in [0.2, 0.25) is 0 Å². The Morgan fingerprint density at radius 2 is 1.91 bits per heavy atom. The molecule has 1 atom stereocenters. The third-order valence-electron chi connectivity index (χ3n) is 6.23. The molecule has 0 radical (unpaired) electrons. The molecule has 1 amide bonds. The van der Waals surface area contributed by atoms with Crippen molar-refractivity contribution < 1.29 is 40.6 Å². The van der Waals surface area contributed by atoms with Crippen LogP contribution < -0.4 is 9.64 Å². The first-order valence-corrected chi connectivity index (χ1v) is 13.0. The molecule has 2 saturated heterocycles. The van der Waals surface area contributed by atoms with Crippen molar-refractivity contribution in [2.45, 2.75) is 35.2 Å². The fourth-order valence-corrected chi connectivity index (χ4v) is 8.46. The largest absolute Gasteiger partial charge is 0.446 e. The third-order valence-corrected chi connectivity index (χ3v) is 10.4. The van der Waals surface area contributed by atoms with Gasteiger partial charge in [-0.3, -0.25) is 0 Å². The van der Waals surface area contributed by atoms with Crippen molar-refractivity contribution >= 4 is 51.4 Å². The van der Waals surface area contributed by atoms with Gasteiger partial charge < -0.3 is 9.47 Å². The van der Waals surface area contributed by atoms with Gasteiger partial charge in [0.15, 0.2) is 11.6 Å². The van der Waals surface area contributed by atoms with Crippen LogP contribution in [-0.2, 0) is 20.5 Å². The minimum atomic E-state index is -4.88. The van der Waals surface area contributed by atoms with E-state index in [1.54, 1.807) is 29.6 Å². The van der Waals surface area contributed by atoms with Gasteiger partial charge in [0.25, 0.3) is 0 Å². The lowest BCUT2D eigenvalue weighted by molar-refractivity contribution is -0.138. The van der Waals surface area contributed by atoms with Crippen LogP contribution in [-0.4, -0.2) is 35.8 Å². The molecule has 1 aromatic heterocycles. The van der Waals surface area contributed by atoms with E-state index in [9.17, 15) is 26.7 Å². The maximum Gasteiger partial charge on any atom is 0.418 e. The molecule has 14 heteroatoms. The van der Waals surface area contributed by atoms with E-state index in [-0.39, 0.29) is 17.5 Å². The lowest BCUT2D eigenvalue weighted by Gasteiger charge is -2.46. The van der Waals surface area contributed by atoms with Gasteiger partial charge in [0.2, 0.25) is 0 Å². The second-order valence-corrected chi connectivity index (χ2v) is 12.0. The molecular formula is C21H15BrF6N2O3S2. The molecule has 0 saturated carbocycles. The second kappa shape index (κ2) is 8.65. The van der Waals surface area contributed by atoms with Crippen molar-refractivity contribution in [3.05, 3.63) is 51.4 Å². The van der Waals surface area contributed by atoms with E-state index in [4.69, 9.17) is 4.74 Å². The summed E-state index contributed by atoms with van der Waals surface area (Å²) >= 11 is 6.37. The Bertz CT molecular complexity index is 1190. The van der Waals surface area contributed by atoms with Crippen LogP contribution in [0, 0.1) is 5.82 Å². The van der Waals surface area contributed by atoms with E-state index < -0.39 is 51.4 Å². The SMILES string of the molecule is O=C1OC[C@@]2(CCC3(SCCS3)c3c2ccc(Br)c3F)N1c1ncc(C(F)(F)F)cc1OC(F)F. The number of pyridine rings is 1. The quantitative estimate of drug-likeness (QED) is 0.358. The predicted molar refractivity (Wildman–Crippen MR) is 121 cm³/mol. The molecule has 1 aromatic carbocycles. The minimum Gasteiger partial charge on any atom is -0.446 e. The highest BCUT2D eigenvalue weighted by atomic mass is 79.9. The number of nitrogens with zero attached hydrogens (tertiary/aromatic N) is 2. The standard InChI is InChI=1S/C21H15BrF6N2O3S2/c22-12-2-1-11-14(15(12)23)20(34-5-6-35-20)4-3-19(11)9-32-18(31)30(19)16-13(33-17(24)25)7-10(8-29-16)21(26,27)28/h1-2,7-8,17H,3-6,9H2/t19-/m1/s1. The molecule has 0 bridgehead atoms. The number of cyclic esters (lactones) is 1. The summed E-state index contributed by atoms with van der Waals surface area (Å²) in [6.07, 6.45) is -4.81. The molecule has 2 spiro atoms. The normalized spacial score (nSPS) is 23.3. The Kier molecular flexibility index (Phi) is 6.15. The van der Waals surface area contributed by atoms with Gasteiger partial charge in [-0.1, -0.05) is 6.07 Å². The van der Waals surface area contributed by atoms with E-state index in [0.717, 1.165) is 16.4 Å². The average molecular weight is 601 g/mol. The molecule has 2 aromatic rings. The second-order valence-electron chi connectivity index (χ2n) is 8.08. The van der Waals surface area contributed by atoms with Crippen LogP contribution in [0.1, 0.15) is 29.5 Å². The van der Waals surface area contributed by atoms with Gasteiger partial charge in [0.1, 0.15) is 18.0 Å². The van der Waals surface area contributed by atoms with Crippen LogP contribution in [0.15, 0.2) is 28.9 Å². The van der Waals surface area contributed by atoms with Gasteiger partial charge >= 0.3 is 18.9 Å². The van der Waals surface area contributed by atoms with Gasteiger partial charge in [0.05, 0.1) is 14.1 Å². The molecule has 2 fully saturated rings. The van der Waals surface area contributed by atoms with Gasteiger partial charge in [-0.05, 0) is 46.5 Å². The number of carbonyl (C=O) groups is 1. The van der Waals surface area contributed by atoms with E-state index in [1.807, 2.05) is 0 Å². The summed E-state index contributed by atoms with van der Waals surface area (Å²) in [6.45, 7) is -3.74. The molecule has 0 unspecified atom stereocenters. The van der Waals surface area contributed by atoms with Crippen LogP contribution in [0.3, 0.4) is 0 Å². The Labute approximate surface area is 212 Å². The molecule has 35 heavy (non-hydrogen) atoms. The number of anilines is 1. The van der Waals surface area contributed by atoms with Crippen molar-refractivity contribution in [3.8, 4) is 5.75 Å². The van der Waals surface area contributed by atoms with Crippen molar-refractivity contribution in [1.29, 1.82) is 0 Å². The molecule has 2 aliphatic heterocycles. The summed E-state index contributed by atoms with van der Waals surface area (Å²) < 4.78 is 90.9. The monoisotopic (exact) mass is 600 g/mol. The first-order valence-electron chi connectivity index (χ1n) is 10.2. The fraction of sp³-hybridized carbons (Fsp3) is 0.429. The highest BCUT2D eigenvalue weighted by Crippen LogP contribution is 2.63. The smallest absolute Gasteiger partial charge is 0.418 e. The molecule has 3 aliphatic rings. The van der Waals surface area contributed by atoms with Gasteiger partial charge in [-0.2, -0.15) is 22.0 Å². The lowest BCUT2D eigenvalue weighted by atomic mass is 9.75. The first kappa shape index (κ1) is 24.9. The average Bonchev–Trinajstić information content (AvgIpc) is 3.38. The minimum absolute atomic E-state index is 0.215. The number of hydrogen-bond acceptors (Lipinski definition) is 6. The third kappa shape index (κ3) is 3.95. The highest BCUT2D eigenvalue weighted by Gasteiger charge is 2.59. The summed E-state index contributed by atoms with van der Waals surface area (Å²) in [5, 5.41) is 0. The number of benzene rings is 1. The molecule has 1 aliphatic carbocycles. The van der Waals surface area contributed by atoms with E-state index in [2.05, 4.69) is 25.7 Å². The number of aromatic nitrogens is 1. The number of rotatable bonds is 3. The summed E-state index contributed by atoms with van der Waals surface area (Å²) in [6, 6.07) is 3.45. The maximum absolute atomic E-state index is 15.6. The number of alkyl halides is 5. The van der Waals surface area contributed by atoms with Crippen molar-refractivity contribution in [3.63, 3.8) is 0 Å². The number of thioether (sulfide) groups is 2. The maximum atomic E-state index is 15.6. The molecule has 188 valence electrons. The number of carbonyl (C=O) groups excluding carboxylic acids is 1. The first-order chi connectivity index (χ1) is 16.5. The number of fused-ring (bicyclic) bond motifs is 3. The zero-order valence-corrected chi connectivity index (χ0v) is 20.7. The van der Waals surface area contributed by atoms with Gasteiger partial charge in [-0.15, -0.1) is 23.5 Å². The molecule has 5 nitrogen and oxygen atoms in total. The lowest BCUT2D eigenvalue weighted by Crippen LogP contribution is -2.50. The van der Waals surface area contributed by atoms with Crippen molar-refractivity contribution in [1.82, 2.24) is 4.98 Å². The van der Waals surface area contributed by atoms with Crippen LogP contribution in [0.25, 0.3) is 0 Å². The number of amides is 1. The fourth-order valence-electron chi connectivity index (χ4n) is 4.78. The van der Waals surface area contributed by atoms with Crippen molar-refractivity contribution in [2.75, 3.05) is 23.0 Å². The summed E-state index contributed by atoms with van der Waals surface area (Å²) in [5.74, 6) is -0.438. The van der Waals surface area contributed by atoms with Crippen LogP contribution >= 0.6 is 39.5 Å². The Morgan fingerprint density at radius 1 is 1.20 bits per heavy atom. The number of halogens is 7. The van der Waals surface area contributed by atoms with E-state index in [0.29, 0.717) is 29.8 Å². The van der Waals surface area contributed by atoms with Crippen molar-refractivity contribution in [2.24, 2.45) is 0 Å². The molecule has 0 N–H and O–H groups in total. The Morgan fingerprint density at radius 3 is 2.57 bits per heavy atom. The topological polar surface area (TPSA) is 51.7 Å². The van der Waals surface area contributed by atoms with E-state index >= 15 is 4.39 Å². The van der Waals surface area contributed by atoms with Gasteiger partial charge in [0, 0.05) is 23.3 Å². The molecular weight excluding hydrogens is 586 g/mol. The zero-order valence-electron chi connectivity index (χ0n) is 17.5. The summed E-state index contributed by atoms with van der Waals surface area (Å²) in [5.41, 5.74) is -1.97.